The summed E-state index contributed by atoms with van der Waals surface area (Å²) in [6, 6.07) is 16.6. The van der Waals surface area contributed by atoms with Crippen LogP contribution in [0.3, 0.4) is 0 Å². The summed E-state index contributed by atoms with van der Waals surface area (Å²) >= 11 is 6.15. The lowest BCUT2D eigenvalue weighted by atomic mass is 10.1. The lowest BCUT2D eigenvalue weighted by Gasteiger charge is -2.14. The number of nitrogens with zero attached hydrogens (tertiary/aromatic N) is 1. The molecule has 0 spiro atoms. The third kappa shape index (κ3) is 3.43. The third-order valence-electron chi connectivity index (χ3n) is 3.48. The highest BCUT2D eigenvalue weighted by Crippen LogP contribution is 2.23. The zero-order chi connectivity index (χ0) is 16.2. The second-order valence-electron chi connectivity index (χ2n) is 5.12. The molecule has 23 heavy (non-hydrogen) atoms. The van der Waals surface area contributed by atoms with E-state index in [0.717, 1.165) is 11.1 Å². The van der Waals surface area contributed by atoms with Gasteiger partial charge < -0.3 is 9.73 Å². The number of amides is 1. The van der Waals surface area contributed by atoms with Crippen molar-refractivity contribution in [3.05, 3.63) is 77.1 Å². The number of nitrogens with one attached hydrogen (secondary N) is 1. The van der Waals surface area contributed by atoms with Crippen molar-refractivity contribution in [3.8, 4) is 11.5 Å². The van der Waals surface area contributed by atoms with Gasteiger partial charge in [0.15, 0.2) is 5.69 Å². The van der Waals surface area contributed by atoms with Crippen LogP contribution in [0.1, 0.15) is 29.0 Å². The van der Waals surface area contributed by atoms with Crippen LogP contribution in [0.15, 0.2) is 65.3 Å². The van der Waals surface area contributed by atoms with Crippen molar-refractivity contribution in [2.75, 3.05) is 0 Å². The molecular formula is C18H15ClN2O2. The number of benzene rings is 2. The highest BCUT2D eigenvalue weighted by molar-refractivity contribution is 6.31. The van der Waals surface area contributed by atoms with Gasteiger partial charge in [0.2, 0.25) is 5.89 Å². The first-order valence-electron chi connectivity index (χ1n) is 7.21. The van der Waals surface area contributed by atoms with Crippen molar-refractivity contribution >= 4 is 17.5 Å². The van der Waals surface area contributed by atoms with E-state index in [9.17, 15) is 4.79 Å². The summed E-state index contributed by atoms with van der Waals surface area (Å²) in [5.41, 5.74) is 1.92. The van der Waals surface area contributed by atoms with Crippen molar-refractivity contribution in [1.29, 1.82) is 0 Å². The zero-order valence-electron chi connectivity index (χ0n) is 12.5. The van der Waals surface area contributed by atoms with Crippen LogP contribution in [-0.2, 0) is 0 Å². The summed E-state index contributed by atoms with van der Waals surface area (Å²) in [6.45, 7) is 1.87. The Morgan fingerprint density at radius 1 is 1.13 bits per heavy atom. The van der Waals surface area contributed by atoms with Crippen molar-refractivity contribution in [2.45, 2.75) is 13.0 Å². The van der Waals surface area contributed by atoms with E-state index in [4.69, 9.17) is 16.0 Å². The quantitative estimate of drug-likeness (QED) is 0.768. The number of carbonyl (C=O) groups excluding carboxylic acids is 1. The van der Waals surface area contributed by atoms with Crippen LogP contribution >= 0.6 is 11.6 Å². The Bertz CT molecular complexity index is 815. The second-order valence-corrected chi connectivity index (χ2v) is 5.53. The Hall–Kier alpha value is -2.59. The Morgan fingerprint density at radius 2 is 1.83 bits per heavy atom. The van der Waals surface area contributed by atoms with Crippen LogP contribution in [0.5, 0.6) is 0 Å². The molecule has 1 aromatic heterocycles. The minimum Gasteiger partial charge on any atom is -0.444 e. The minimum absolute atomic E-state index is 0.229. The van der Waals surface area contributed by atoms with Gasteiger partial charge in [-0.15, -0.1) is 0 Å². The molecule has 2 aromatic carbocycles. The number of halogens is 1. The molecule has 0 bridgehead atoms. The van der Waals surface area contributed by atoms with Crippen LogP contribution in [0, 0.1) is 0 Å². The molecule has 1 heterocycles. The maximum absolute atomic E-state index is 12.3. The molecule has 0 fully saturated rings. The molecule has 3 aromatic rings. The van der Waals surface area contributed by atoms with Gasteiger partial charge in [0.1, 0.15) is 6.26 Å². The maximum atomic E-state index is 12.3. The molecule has 0 saturated carbocycles. The van der Waals surface area contributed by atoms with Crippen LogP contribution < -0.4 is 5.32 Å². The first-order chi connectivity index (χ1) is 11.1. The van der Waals surface area contributed by atoms with Crippen molar-refractivity contribution in [1.82, 2.24) is 10.3 Å². The predicted molar refractivity (Wildman–Crippen MR) is 89.3 cm³/mol. The standard InChI is InChI=1S/C18H15ClN2O2/c1-12(14-9-5-6-10-15(14)19)20-17(22)16-11-23-18(21-16)13-7-3-2-4-8-13/h2-12H,1H3,(H,20,22). The van der Waals surface area contributed by atoms with Gasteiger partial charge in [-0.2, -0.15) is 0 Å². The number of hydrogen-bond donors (Lipinski definition) is 1. The van der Waals surface area contributed by atoms with E-state index in [1.165, 1.54) is 6.26 Å². The highest BCUT2D eigenvalue weighted by Gasteiger charge is 2.17. The molecule has 5 heteroatoms. The molecule has 0 saturated heterocycles. The van der Waals surface area contributed by atoms with Gasteiger partial charge in [0, 0.05) is 10.6 Å². The molecule has 1 unspecified atom stereocenters. The van der Waals surface area contributed by atoms with Gasteiger partial charge in [0.05, 0.1) is 6.04 Å². The van der Waals surface area contributed by atoms with E-state index in [-0.39, 0.29) is 17.6 Å². The Labute approximate surface area is 139 Å². The summed E-state index contributed by atoms with van der Waals surface area (Å²) in [4.78, 5) is 16.5. The average Bonchev–Trinajstić information content (AvgIpc) is 3.06. The second kappa shape index (κ2) is 6.67. The van der Waals surface area contributed by atoms with Gasteiger partial charge in [-0.05, 0) is 30.7 Å². The topological polar surface area (TPSA) is 55.1 Å². The molecule has 4 nitrogen and oxygen atoms in total. The molecular weight excluding hydrogens is 312 g/mol. The van der Waals surface area contributed by atoms with E-state index in [0.29, 0.717) is 10.9 Å². The number of hydrogen-bond acceptors (Lipinski definition) is 3. The lowest BCUT2D eigenvalue weighted by molar-refractivity contribution is 0.0935. The summed E-state index contributed by atoms with van der Waals surface area (Å²) in [6.07, 6.45) is 1.36. The van der Waals surface area contributed by atoms with Gasteiger partial charge >= 0.3 is 0 Å². The van der Waals surface area contributed by atoms with Crippen LogP contribution in [0.2, 0.25) is 5.02 Å². The van der Waals surface area contributed by atoms with Crippen molar-refractivity contribution < 1.29 is 9.21 Å². The average molecular weight is 327 g/mol. The highest BCUT2D eigenvalue weighted by atomic mass is 35.5. The van der Waals surface area contributed by atoms with Gasteiger partial charge in [0.25, 0.3) is 5.91 Å². The first-order valence-corrected chi connectivity index (χ1v) is 7.59. The van der Waals surface area contributed by atoms with E-state index in [2.05, 4.69) is 10.3 Å². The number of carbonyl (C=O) groups is 1. The Kier molecular flexibility index (Phi) is 4.44. The molecule has 0 aliphatic heterocycles. The zero-order valence-corrected chi connectivity index (χ0v) is 13.2. The lowest BCUT2D eigenvalue weighted by Crippen LogP contribution is -2.27. The number of rotatable bonds is 4. The van der Waals surface area contributed by atoms with E-state index < -0.39 is 0 Å². The summed E-state index contributed by atoms with van der Waals surface area (Å²) in [7, 11) is 0. The molecule has 1 atom stereocenters. The molecule has 0 aliphatic carbocycles. The van der Waals surface area contributed by atoms with E-state index in [1.54, 1.807) is 6.07 Å². The Morgan fingerprint density at radius 3 is 2.57 bits per heavy atom. The summed E-state index contributed by atoms with van der Waals surface area (Å²) < 4.78 is 5.38. The van der Waals surface area contributed by atoms with Crippen molar-refractivity contribution in [3.63, 3.8) is 0 Å². The molecule has 0 aliphatic rings. The largest absolute Gasteiger partial charge is 0.444 e. The first kappa shape index (κ1) is 15.3. The summed E-state index contributed by atoms with van der Waals surface area (Å²) in [5.74, 6) is 0.115. The fourth-order valence-electron chi connectivity index (χ4n) is 2.27. The molecule has 0 radical (unpaired) electrons. The number of oxazole rings is 1. The van der Waals surface area contributed by atoms with Gasteiger partial charge in [-0.3, -0.25) is 4.79 Å². The normalized spacial score (nSPS) is 11.9. The molecule has 3 rings (SSSR count). The fraction of sp³-hybridized carbons (Fsp3) is 0.111. The molecule has 116 valence electrons. The van der Waals surface area contributed by atoms with E-state index in [1.807, 2.05) is 55.5 Å². The van der Waals surface area contributed by atoms with Crippen molar-refractivity contribution in [2.24, 2.45) is 0 Å². The van der Waals surface area contributed by atoms with Crippen LogP contribution in [-0.4, -0.2) is 10.9 Å². The SMILES string of the molecule is CC(NC(=O)c1coc(-c2ccccc2)n1)c1ccccc1Cl. The smallest absolute Gasteiger partial charge is 0.273 e. The van der Waals surface area contributed by atoms with Crippen LogP contribution in [0.4, 0.5) is 0 Å². The summed E-state index contributed by atoms with van der Waals surface area (Å²) in [5, 5.41) is 3.49. The monoisotopic (exact) mass is 326 g/mol. The van der Waals surface area contributed by atoms with Crippen LogP contribution in [0.25, 0.3) is 11.5 Å². The predicted octanol–water partition coefficient (Wildman–Crippen LogP) is 4.49. The van der Waals surface area contributed by atoms with Gasteiger partial charge in [-0.25, -0.2) is 4.98 Å². The van der Waals surface area contributed by atoms with Gasteiger partial charge in [-0.1, -0.05) is 48.0 Å². The fourth-order valence-corrected chi connectivity index (χ4v) is 2.57. The maximum Gasteiger partial charge on any atom is 0.273 e. The minimum atomic E-state index is -0.302. The third-order valence-corrected chi connectivity index (χ3v) is 3.82. The Balaban J connectivity index is 1.74. The van der Waals surface area contributed by atoms with E-state index >= 15 is 0 Å². The molecule has 1 amide bonds. The number of aromatic nitrogens is 1. The molecule has 1 N–H and O–H groups in total.